The summed E-state index contributed by atoms with van der Waals surface area (Å²) < 4.78 is 10.6. The first kappa shape index (κ1) is 13.2. The predicted molar refractivity (Wildman–Crippen MR) is 72.3 cm³/mol. The third kappa shape index (κ3) is 3.88. The quantitative estimate of drug-likeness (QED) is 0.898. The molecular formula is C15H17NO3. The van der Waals surface area contributed by atoms with Crippen LogP contribution in [0.1, 0.15) is 23.0 Å². The van der Waals surface area contributed by atoms with Gasteiger partial charge in [-0.25, -0.2) is 0 Å². The van der Waals surface area contributed by atoms with Crippen molar-refractivity contribution < 1.29 is 13.9 Å². The van der Waals surface area contributed by atoms with Gasteiger partial charge >= 0.3 is 0 Å². The second-order valence-electron chi connectivity index (χ2n) is 4.48. The van der Waals surface area contributed by atoms with E-state index in [2.05, 4.69) is 5.32 Å². The van der Waals surface area contributed by atoms with Crippen LogP contribution in [0.15, 0.2) is 47.1 Å². The number of aryl methyl sites for hydroxylation is 1. The van der Waals surface area contributed by atoms with E-state index in [4.69, 9.17) is 9.15 Å². The van der Waals surface area contributed by atoms with Crippen molar-refractivity contribution in [3.05, 3.63) is 54.0 Å². The number of carbonyl (C=O) groups excluding carboxylic acids is 1. The molecular weight excluding hydrogens is 242 g/mol. The molecule has 0 fully saturated rings. The molecule has 0 saturated carbocycles. The van der Waals surface area contributed by atoms with E-state index >= 15 is 0 Å². The third-order valence-electron chi connectivity index (χ3n) is 2.64. The number of amides is 1. The molecule has 1 heterocycles. The molecule has 0 aliphatic carbocycles. The van der Waals surface area contributed by atoms with Crippen molar-refractivity contribution in [1.29, 1.82) is 0 Å². The highest BCUT2D eigenvalue weighted by Crippen LogP contribution is 2.11. The third-order valence-corrected chi connectivity index (χ3v) is 2.64. The summed E-state index contributed by atoms with van der Waals surface area (Å²) in [6.07, 6.45) is 1.47. The normalized spacial score (nSPS) is 11.9. The molecule has 4 heteroatoms. The van der Waals surface area contributed by atoms with Crippen LogP contribution in [0.4, 0.5) is 0 Å². The topological polar surface area (TPSA) is 51.5 Å². The zero-order chi connectivity index (χ0) is 13.7. The highest BCUT2D eigenvalue weighted by molar-refractivity contribution is 5.91. The van der Waals surface area contributed by atoms with Crippen LogP contribution in [0.5, 0.6) is 5.75 Å². The van der Waals surface area contributed by atoms with Crippen LogP contribution < -0.4 is 10.1 Å². The summed E-state index contributed by atoms with van der Waals surface area (Å²) in [6, 6.07) is 11.0. The smallest absolute Gasteiger partial charge is 0.287 e. The highest BCUT2D eigenvalue weighted by Gasteiger charge is 2.12. The summed E-state index contributed by atoms with van der Waals surface area (Å²) in [6.45, 7) is 4.32. The van der Waals surface area contributed by atoms with Gasteiger partial charge in [-0.2, -0.15) is 0 Å². The lowest BCUT2D eigenvalue weighted by Crippen LogP contribution is -2.36. The molecule has 1 unspecified atom stereocenters. The average molecular weight is 259 g/mol. The van der Waals surface area contributed by atoms with E-state index in [1.54, 1.807) is 12.1 Å². The van der Waals surface area contributed by atoms with E-state index in [0.717, 1.165) is 5.75 Å². The van der Waals surface area contributed by atoms with E-state index in [1.165, 1.54) is 11.8 Å². The number of ether oxygens (including phenoxy) is 1. The van der Waals surface area contributed by atoms with Crippen molar-refractivity contribution >= 4 is 5.91 Å². The Balaban J connectivity index is 1.80. The Bertz CT molecular complexity index is 517. The molecule has 1 amide bonds. The number of hydrogen-bond acceptors (Lipinski definition) is 3. The maximum Gasteiger partial charge on any atom is 0.287 e. The highest BCUT2D eigenvalue weighted by atomic mass is 16.5. The lowest BCUT2D eigenvalue weighted by Gasteiger charge is -2.14. The van der Waals surface area contributed by atoms with Crippen LogP contribution in [0.2, 0.25) is 0 Å². The molecule has 100 valence electrons. The molecule has 1 aromatic carbocycles. The maximum atomic E-state index is 11.7. The summed E-state index contributed by atoms with van der Waals surface area (Å²) in [7, 11) is 0. The fourth-order valence-corrected chi connectivity index (χ4v) is 1.60. The van der Waals surface area contributed by atoms with Gasteiger partial charge in [0, 0.05) is 0 Å². The van der Waals surface area contributed by atoms with Gasteiger partial charge in [-0.3, -0.25) is 4.79 Å². The lowest BCUT2D eigenvalue weighted by molar-refractivity contribution is 0.0898. The molecule has 0 spiro atoms. The van der Waals surface area contributed by atoms with Gasteiger partial charge in [-0.15, -0.1) is 0 Å². The summed E-state index contributed by atoms with van der Waals surface area (Å²) in [4.78, 5) is 11.7. The van der Waals surface area contributed by atoms with Gasteiger partial charge < -0.3 is 14.5 Å². The van der Waals surface area contributed by atoms with Crippen molar-refractivity contribution in [2.75, 3.05) is 6.61 Å². The molecule has 1 N–H and O–H groups in total. The van der Waals surface area contributed by atoms with Gasteiger partial charge in [0.25, 0.3) is 5.91 Å². The number of carbonyl (C=O) groups is 1. The van der Waals surface area contributed by atoms with Crippen LogP contribution in [0.25, 0.3) is 0 Å². The molecule has 2 rings (SSSR count). The van der Waals surface area contributed by atoms with E-state index in [0.29, 0.717) is 12.4 Å². The number of benzene rings is 1. The summed E-state index contributed by atoms with van der Waals surface area (Å²) in [5.41, 5.74) is 1.19. The van der Waals surface area contributed by atoms with Crippen molar-refractivity contribution in [3.8, 4) is 5.75 Å². The molecule has 1 atom stereocenters. The summed E-state index contributed by atoms with van der Waals surface area (Å²) >= 11 is 0. The standard InChI is InChI=1S/C15H17NO3/c1-11-5-7-13(8-6-11)19-10-12(2)16-15(17)14-4-3-9-18-14/h3-9,12H,10H2,1-2H3,(H,16,17). The van der Waals surface area contributed by atoms with Gasteiger partial charge in [-0.05, 0) is 38.1 Å². The van der Waals surface area contributed by atoms with Crippen LogP contribution in [-0.4, -0.2) is 18.6 Å². The zero-order valence-electron chi connectivity index (χ0n) is 11.1. The zero-order valence-corrected chi connectivity index (χ0v) is 11.1. The Morgan fingerprint density at radius 1 is 1.32 bits per heavy atom. The first-order valence-electron chi connectivity index (χ1n) is 6.19. The predicted octanol–water partition coefficient (Wildman–Crippen LogP) is 2.79. The van der Waals surface area contributed by atoms with E-state index in [9.17, 15) is 4.79 Å². The van der Waals surface area contributed by atoms with E-state index in [-0.39, 0.29) is 11.9 Å². The van der Waals surface area contributed by atoms with Gasteiger partial charge in [0.1, 0.15) is 12.4 Å². The number of rotatable bonds is 5. The fraction of sp³-hybridized carbons (Fsp3) is 0.267. The maximum absolute atomic E-state index is 11.7. The number of nitrogens with one attached hydrogen (secondary N) is 1. The Morgan fingerprint density at radius 3 is 2.68 bits per heavy atom. The molecule has 1 aromatic heterocycles. The van der Waals surface area contributed by atoms with E-state index < -0.39 is 0 Å². The first-order valence-corrected chi connectivity index (χ1v) is 6.19. The summed E-state index contributed by atoms with van der Waals surface area (Å²) in [5.74, 6) is 0.872. The largest absolute Gasteiger partial charge is 0.491 e. The number of furan rings is 1. The van der Waals surface area contributed by atoms with Crippen LogP contribution in [0.3, 0.4) is 0 Å². The molecule has 0 aliphatic heterocycles. The monoisotopic (exact) mass is 259 g/mol. The van der Waals surface area contributed by atoms with Crippen molar-refractivity contribution in [2.24, 2.45) is 0 Å². The molecule has 0 saturated heterocycles. The van der Waals surface area contributed by atoms with Gasteiger partial charge in [0.2, 0.25) is 0 Å². The van der Waals surface area contributed by atoms with Crippen LogP contribution in [-0.2, 0) is 0 Å². The molecule has 0 aliphatic rings. The molecule has 0 radical (unpaired) electrons. The van der Waals surface area contributed by atoms with Gasteiger partial charge in [0.15, 0.2) is 5.76 Å². The lowest BCUT2D eigenvalue weighted by atomic mass is 10.2. The minimum absolute atomic E-state index is 0.0982. The Kier molecular flexibility index (Phi) is 4.23. The van der Waals surface area contributed by atoms with Crippen molar-refractivity contribution in [2.45, 2.75) is 19.9 Å². The van der Waals surface area contributed by atoms with Crippen molar-refractivity contribution in [1.82, 2.24) is 5.32 Å². The van der Waals surface area contributed by atoms with Crippen LogP contribution in [0, 0.1) is 6.92 Å². The van der Waals surface area contributed by atoms with Gasteiger partial charge in [0.05, 0.1) is 12.3 Å². The second-order valence-corrected chi connectivity index (χ2v) is 4.48. The molecule has 4 nitrogen and oxygen atoms in total. The molecule has 0 bridgehead atoms. The van der Waals surface area contributed by atoms with Gasteiger partial charge in [-0.1, -0.05) is 17.7 Å². The summed E-state index contributed by atoms with van der Waals surface area (Å²) in [5, 5.41) is 2.81. The first-order chi connectivity index (χ1) is 9.15. The van der Waals surface area contributed by atoms with E-state index in [1.807, 2.05) is 38.1 Å². The molecule has 2 aromatic rings. The Hall–Kier alpha value is -2.23. The minimum atomic E-state index is -0.231. The fourth-order valence-electron chi connectivity index (χ4n) is 1.60. The molecule has 19 heavy (non-hydrogen) atoms. The second kappa shape index (κ2) is 6.09. The minimum Gasteiger partial charge on any atom is -0.491 e. The average Bonchev–Trinajstić information content (AvgIpc) is 2.92. The van der Waals surface area contributed by atoms with Crippen LogP contribution >= 0.6 is 0 Å². The Labute approximate surface area is 112 Å². The van der Waals surface area contributed by atoms with Crippen molar-refractivity contribution in [3.63, 3.8) is 0 Å². The Morgan fingerprint density at radius 2 is 2.05 bits per heavy atom. The SMILES string of the molecule is Cc1ccc(OCC(C)NC(=O)c2ccco2)cc1. The number of hydrogen-bond donors (Lipinski definition) is 1.